The van der Waals surface area contributed by atoms with Gasteiger partial charge in [0, 0.05) is 45.0 Å². The molecule has 0 atom stereocenters. The lowest BCUT2D eigenvalue weighted by Crippen LogP contribution is -2.48. The van der Waals surface area contributed by atoms with E-state index in [4.69, 9.17) is 4.99 Å². The molecule has 0 radical (unpaired) electrons. The second kappa shape index (κ2) is 10.1. The van der Waals surface area contributed by atoms with Gasteiger partial charge in [-0.1, -0.05) is 25.8 Å². The molecule has 2 heterocycles. The van der Waals surface area contributed by atoms with Gasteiger partial charge in [0.15, 0.2) is 5.96 Å². The number of likely N-dealkylation sites (tertiary alicyclic amines) is 1. The van der Waals surface area contributed by atoms with E-state index in [-0.39, 0.29) is 0 Å². The van der Waals surface area contributed by atoms with E-state index >= 15 is 0 Å². The van der Waals surface area contributed by atoms with E-state index < -0.39 is 0 Å². The van der Waals surface area contributed by atoms with E-state index in [1.165, 1.54) is 37.8 Å². The minimum Gasteiger partial charge on any atom is -0.357 e. The average Bonchev–Trinajstić information content (AvgIpc) is 3.18. The number of aromatic nitrogens is 1. The molecule has 1 saturated heterocycles. The topological polar surface area (TPSA) is 52.6 Å². The van der Waals surface area contributed by atoms with Gasteiger partial charge in [0.05, 0.1) is 5.69 Å². The number of hydrogen-bond donors (Lipinski definition) is 2. The molecule has 1 aliphatic carbocycles. The Morgan fingerprint density at radius 2 is 2.00 bits per heavy atom. The summed E-state index contributed by atoms with van der Waals surface area (Å²) in [5.74, 6) is 1.01. The Kier molecular flexibility index (Phi) is 7.50. The molecule has 5 nitrogen and oxygen atoms in total. The lowest BCUT2D eigenvalue weighted by atomic mass is 9.84. The zero-order valence-electron chi connectivity index (χ0n) is 17.2. The van der Waals surface area contributed by atoms with Gasteiger partial charge >= 0.3 is 0 Å². The second-order valence-electron chi connectivity index (χ2n) is 8.27. The molecule has 1 aliphatic heterocycles. The van der Waals surface area contributed by atoms with Gasteiger partial charge in [-0.3, -0.25) is 14.9 Å². The average molecular weight is 372 g/mol. The van der Waals surface area contributed by atoms with Gasteiger partial charge in [0.2, 0.25) is 0 Å². The molecule has 2 aliphatic rings. The van der Waals surface area contributed by atoms with Crippen molar-refractivity contribution in [1.29, 1.82) is 0 Å². The standard InChI is InChI=1S/C22H37N5/c1-3-22(12-6-7-13-22)18-25-21(23-4-2)26-19-10-15-27(16-11-19)17-20-9-5-8-14-24-20/h5,8-9,14,19H,3-4,6-7,10-13,15-18H2,1-2H3,(H2,23,25,26). The van der Waals surface area contributed by atoms with Crippen LogP contribution in [0.25, 0.3) is 0 Å². The van der Waals surface area contributed by atoms with E-state index in [9.17, 15) is 0 Å². The van der Waals surface area contributed by atoms with Crippen LogP contribution in [0.1, 0.15) is 64.5 Å². The summed E-state index contributed by atoms with van der Waals surface area (Å²) >= 11 is 0. The molecule has 0 bridgehead atoms. The summed E-state index contributed by atoms with van der Waals surface area (Å²) in [5.41, 5.74) is 1.62. The highest BCUT2D eigenvalue weighted by atomic mass is 15.2. The molecule has 27 heavy (non-hydrogen) atoms. The molecule has 0 spiro atoms. The molecule has 0 amide bonds. The maximum atomic E-state index is 4.99. The van der Waals surface area contributed by atoms with Crippen molar-refractivity contribution in [2.75, 3.05) is 26.2 Å². The zero-order valence-corrected chi connectivity index (χ0v) is 17.2. The maximum absolute atomic E-state index is 4.99. The molecule has 5 heteroatoms. The third kappa shape index (κ3) is 5.93. The fourth-order valence-corrected chi connectivity index (χ4v) is 4.46. The van der Waals surface area contributed by atoms with Gasteiger partial charge in [-0.05, 0) is 56.6 Å². The van der Waals surface area contributed by atoms with Crippen molar-refractivity contribution >= 4 is 5.96 Å². The van der Waals surface area contributed by atoms with Gasteiger partial charge in [-0.25, -0.2) is 0 Å². The molecule has 2 fully saturated rings. The number of aliphatic imine (C=N–C) groups is 1. The first kappa shape index (κ1) is 20.1. The largest absolute Gasteiger partial charge is 0.357 e. The van der Waals surface area contributed by atoms with Gasteiger partial charge in [0.1, 0.15) is 0 Å². The Hall–Kier alpha value is -1.62. The van der Waals surface area contributed by atoms with E-state index in [2.05, 4.69) is 46.5 Å². The smallest absolute Gasteiger partial charge is 0.191 e. The molecule has 1 aromatic rings. The molecule has 2 N–H and O–H groups in total. The number of nitrogens with zero attached hydrogens (tertiary/aromatic N) is 3. The minimum absolute atomic E-state index is 0.453. The third-order valence-electron chi connectivity index (χ3n) is 6.37. The molecular formula is C22H37N5. The third-order valence-corrected chi connectivity index (χ3v) is 6.37. The van der Waals surface area contributed by atoms with E-state index in [1.54, 1.807) is 0 Å². The van der Waals surface area contributed by atoms with Crippen LogP contribution in [-0.2, 0) is 6.54 Å². The highest BCUT2D eigenvalue weighted by molar-refractivity contribution is 5.80. The fraction of sp³-hybridized carbons (Fsp3) is 0.727. The Labute approximate surface area is 165 Å². The van der Waals surface area contributed by atoms with Crippen molar-refractivity contribution in [2.45, 2.75) is 71.4 Å². The number of hydrogen-bond acceptors (Lipinski definition) is 3. The Bertz CT molecular complexity index is 572. The molecule has 3 rings (SSSR count). The predicted octanol–water partition coefficient (Wildman–Crippen LogP) is 3.57. The van der Waals surface area contributed by atoms with E-state index in [1.807, 2.05) is 12.3 Å². The van der Waals surface area contributed by atoms with Gasteiger partial charge < -0.3 is 10.6 Å². The summed E-state index contributed by atoms with van der Waals surface area (Å²) in [5, 5.41) is 7.16. The Balaban J connectivity index is 1.48. The minimum atomic E-state index is 0.453. The summed E-state index contributed by atoms with van der Waals surface area (Å²) in [7, 11) is 0. The zero-order chi connectivity index (χ0) is 19.0. The van der Waals surface area contributed by atoms with E-state index in [0.29, 0.717) is 11.5 Å². The summed E-state index contributed by atoms with van der Waals surface area (Å²) < 4.78 is 0. The van der Waals surface area contributed by atoms with E-state index in [0.717, 1.165) is 51.5 Å². The number of pyridine rings is 1. The number of nitrogens with one attached hydrogen (secondary N) is 2. The van der Waals surface area contributed by atoms with Crippen LogP contribution >= 0.6 is 0 Å². The van der Waals surface area contributed by atoms with Crippen LogP contribution in [0.4, 0.5) is 0 Å². The highest BCUT2D eigenvalue weighted by Gasteiger charge is 2.31. The molecule has 1 saturated carbocycles. The van der Waals surface area contributed by atoms with Crippen LogP contribution in [0.5, 0.6) is 0 Å². The summed E-state index contributed by atoms with van der Waals surface area (Å²) in [6, 6.07) is 6.69. The van der Waals surface area contributed by atoms with Crippen LogP contribution in [0, 0.1) is 5.41 Å². The number of piperidine rings is 1. The molecule has 1 aromatic heterocycles. The molecule has 0 aromatic carbocycles. The van der Waals surface area contributed by atoms with Crippen LogP contribution in [-0.4, -0.2) is 48.1 Å². The quantitative estimate of drug-likeness (QED) is 0.568. The first-order chi connectivity index (χ1) is 13.2. The van der Waals surface area contributed by atoms with Crippen molar-refractivity contribution in [3.05, 3.63) is 30.1 Å². The van der Waals surface area contributed by atoms with Crippen LogP contribution in [0.15, 0.2) is 29.4 Å². The first-order valence-electron chi connectivity index (χ1n) is 10.9. The van der Waals surface area contributed by atoms with Crippen LogP contribution in [0.3, 0.4) is 0 Å². The predicted molar refractivity (Wildman–Crippen MR) is 113 cm³/mol. The van der Waals surface area contributed by atoms with Crippen molar-refractivity contribution in [2.24, 2.45) is 10.4 Å². The summed E-state index contributed by atoms with van der Waals surface area (Å²) in [4.78, 5) is 12.0. The van der Waals surface area contributed by atoms with Crippen LogP contribution < -0.4 is 10.6 Å². The maximum Gasteiger partial charge on any atom is 0.191 e. The number of rotatable bonds is 7. The van der Waals surface area contributed by atoms with Crippen molar-refractivity contribution in [3.63, 3.8) is 0 Å². The van der Waals surface area contributed by atoms with Crippen molar-refractivity contribution < 1.29 is 0 Å². The lowest BCUT2D eigenvalue weighted by Gasteiger charge is -2.33. The summed E-state index contributed by atoms with van der Waals surface area (Å²) in [6.07, 6.45) is 10.9. The molecule has 0 unspecified atom stereocenters. The van der Waals surface area contributed by atoms with Gasteiger partial charge in [-0.15, -0.1) is 0 Å². The monoisotopic (exact) mass is 371 g/mol. The number of guanidine groups is 1. The Morgan fingerprint density at radius 1 is 1.22 bits per heavy atom. The molecule has 150 valence electrons. The fourth-order valence-electron chi connectivity index (χ4n) is 4.46. The van der Waals surface area contributed by atoms with Gasteiger partial charge in [-0.2, -0.15) is 0 Å². The molecular weight excluding hydrogens is 334 g/mol. The van der Waals surface area contributed by atoms with Crippen LogP contribution in [0.2, 0.25) is 0 Å². The first-order valence-corrected chi connectivity index (χ1v) is 10.9. The van der Waals surface area contributed by atoms with Crippen molar-refractivity contribution in [3.8, 4) is 0 Å². The second-order valence-corrected chi connectivity index (χ2v) is 8.27. The lowest BCUT2D eigenvalue weighted by molar-refractivity contribution is 0.196. The van der Waals surface area contributed by atoms with Crippen molar-refractivity contribution in [1.82, 2.24) is 20.5 Å². The summed E-state index contributed by atoms with van der Waals surface area (Å²) in [6.45, 7) is 9.57. The normalized spacial score (nSPS) is 21.3. The van der Waals surface area contributed by atoms with Gasteiger partial charge in [0.25, 0.3) is 0 Å². The Morgan fingerprint density at radius 3 is 2.63 bits per heavy atom. The SMILES string of the molecule is CCNC(=NCC1(CC)CCCC1)NC1CCN(Cc2ccccn2)CC1. The highest BCUT2D eigenvalue weighted by Crippen LogP contribution is 2.41.